The molecule has 1 aliphatic rings. The van der Waals surface area contributed by atoms with Crippen molar-refractivity contribution in [3.8, 4) is 0 Å². The van der Waals surface area contributed by atoms with Gasteiger partial charge in [-0.3, -0.25) is 4.99 Å². The van der Waals surface area contributed by atoms with Crippen LogP contribution < -0.4 is 5.73 Å². The van der Waals surface area contributed by atoms with Crippen LogP contribution in [-0.4, -0.2) is 11.3 Å². The van der Waals surface area contributed by atoms with Gasteiger partial charge < -0.3 is 10.8 Å². The molecule has 0 saturated heterocycles. The van der Waals surface area contributed by atoms with Gasteiger partial charge >= 0.3 is 0 Å². The van der Waals surface area contributed by atoms with Crippen molar-refractivity contribution in [1.29, 1.82) is 0 Å². The lowest BCUT2D eigenvalue weighted by molar-refractivity contribution is 0.431. The third-order valence-corrected chi connectivity index (χ3v) is 4.21. The van der Waals surface area contributed by atoms with E-state index in [0.29, 0.717) is 22.8 Å². The molecule has 2 rings (SSSR count). The molecule has 0 spiro atoms. The fourth-order valence-corrected chi connectivity index (χ4v) is 2.57. The number of hydrogen-bond donors (Lipinski definition) is 2. The van der Waals surface area contributed by atoms with Crippen molar-refractivity contribution in [3.63, 3.8) is 0 Å². The average molecular weight is 393 g/mol. The van der Waals surface area contributed by atoms with E-state index in [1.807, 2.05) is 60.7 Å². The highest BCUT2D eigenvalue weighted by Gasteiger charge is 2.09. The second kappa shape index (κ2) is 11.6. The van der Waals surface area contributed by atoms with E-state index in [1.54, 1.807) is 25.3 Å². The molecule has 144 valence electrons. The number of aliphatic imine (C=N–C) groups is 1. The lowest BCUT2D eigenvalue weighted by atomic mass is 10.0. The molecule has 3 nitrogen and oxygen atoms in total. The molecule has 0 radical (unpaired) electrons. The molecule has 0 saturated carbocycles. The van der Waals surface area contributed by atoms with Crippen LogP contribution in [0.5, 0.6) is 0 Å². The predicted octanol–water partition coefficient (Wildman–Crippen LogP) is 6.44. The molecule has 1 aromatic rings. The number of hydrogen-bond acceptors (Lipinski definition) is 3. The van der Waals surface area contributed by atoms with Crippen molar-refractivity contribution in [2.75, 3.05) is 0 Å². The number of allylic oxidation sites excluding steroid dienone is 10. The molecule has 0 amide bonds. The van der Waals surface area contributed by atoms with Crippen molar-refractivity contribution in [3.05, 3.63) is 113 Å². The predicted molar refractivity (Wildman–Crippen MR) is 121 cm³/mol. The normalized spacial score (nSPS) is 16.1. The van der Waals surface area contributed by atoms with Crippen LogP contribution in [0.3, 0.4) is 0 Å². The number of nitrogens with two attached hydrogens (primary N) is 1. The number of aliphatic hydroxyl groups is 1. The lowest BCUT2D eigenvalue weighted by Gasteiger charge is -2.09. The third kappa shape index (κ3) is 6.93. The second-order valence-electron chi connectivity index (χ2n) is 6.01. The maximum absolute atomic E-state index is 9.36. The van der Waals surface area contributed by atoms with Gasteiger partial charge in [-0.2, -0.15) is 0 Å². The van der Waals surface area contributed by atoms with Crippen molar-refractivity contribution >= 4 is 23.5 Å². The van der Waals surface area contributed by atoms with Crippen LogP contribution >= 0.6 is 11.6 Å². The highest BCUT2D eigenvalue weighted by atomic mass is 35.5. The first-order chi connectivity index (χ1) is 13.6. The summed E-state index contributed by atoms with van der Waals surface area (Å²) in [5, 5.41) is 10.0. The lowest BCUT2D eigenvalue weighted by Crippen LogP contribution is -2.04. The van der Waals surface area contributed by atoms with Gasteiger partial charge in [-0.15, -0.1) is 0 Å². The van der Waals surface area contributed by atoms with Gasteiger partial charge in [-0.25, -0.2) is 0 Å². The Labute approximate surface area is 172 Å². The Morgan fingerprint density at radius 2 is 2.00 bits per heavy atom. The van der Waals surface area contributed by atoms with Gasteiger partial charge in [-0.1, -0.05) is 66.3 Å². The van der Waals surface area contributed by atoms with Crippen LogP contribution in [0.25, 0.3) is 5.70 Å². The van der Waals surface area contributed by atoms with Gasteiger partial charge in [-0.05, 0) is 55.7 Å². The Hall–Kier alpha value is -3.04. The molecule has 1 aliphatic carbocycles. The third-order valence-electron chi connectivity index (χ3n) is 3.96. The summed E-state index contributed by atoms with van der Waals surface area (Å²) >= 11 is 6.02. The summed E-state index contributed by atoms with van der Waals surface area (Å²) in [4.78, 5) is 4.60. The van der Waals surface area contributed by atoms with E-state index in [4.69, 9.17) is 17.3 Å². The van der Waals surface area contributed by atoms with Gasteiger partial charge in [0, 0.05) is 16.8 Å². The highest BCUT2D eigenvalue weighted by Crippen LogP contribution is 2.25. The summed E-state index contributed by atoms with van der Waals surface area (Å²) in [7, 11) is 0. The largest absolute Gasteiger partial charge is 0.508 e. The van der Waals surface area contributed by atoms with E-state index in [0.717, 1.165) is 17.6 Å². The fourth-order valence-electron chi connectivity index (χ4n) is 2.44. The first-order valence-corrected chi connectivity index (χ1v) is 9.50. The number of aliphatic hydroxyl groups excluding tert-OH is 1. The van der Waals surface area contributed by atoms with Crippen molar-refractivity contribution in [2.45, 2.75) is 19.8 Å². The van der Waals surface area contributed by atoms with Crippen molar-refractivity contribution in [1.82, 2.24) is 0 Å². The van der Waals surface area contributed by atoms with Gasteiger partial charge in [0.25, 0.3) is 0 Å². The van der Waals surface area contributed by atoms with Gasteiger partial charge in [0.05, 0.1) is 11.4 Å². The summed E-state index contributed by atoms with van der Waals surface area (Å²) < 4.78 is 0. The summed E-state index contributed by atoms with van der Waals surface area (Å²) in [6.07, 6.45) is 22.3. The van der Waals surface area contributed by atoms with Crippen molar-refractivity contribution in [2.24, 2.45) is 10.7 Å². The second-order valence-corrected chi connectivity index (χ2v) is 6.45. The average Bonchev–Trinajstić information content (AvgIpc) is 3.00. The molecule has 0 aliphatic heterocycles. The Balaban J connectivity index is 2.24. The summed E-state index contributed by atoms with van der Waals surface area (Å²) in [6, 6.07) is 7.47. The fraction of sp³-hybridized carbons (Fsp3) is 0.125. The van der Waals surface area contributed by atoms with Crippen LogP contribution in [-0.2, 0) is 0 Å². The summed E-state index contributed by atoms with van der Waals surface area (Å²) in [5.74, 6) is 0.252. The van der Waals surface area contributed by atoms with Crippen molar-refractivity contribution < 1.29 is 5.11 Å². The quantitative estimate of drug-likeness (QED) is 0.318. The Morgan fingerprint density at radius 3 is 2.75 bits per heavy atom. The number of benzene rings is 1. The zero-order valence-corrected chi connectivity index (χ0v) is 16.7. The molecule has 1 aromatic carbocycles. The molecule has 0 aromatic heterocycles. The van der Waals surface area contributed by atoms with Crippen LogP contribution in [0, 0.1) is 0 Å². The SMILES string of the molecule is C/C=C(O)\C=C/C/C=C/C=N/C(=C(\N)C1=CCC=CC=C1)c1ccc(Cl)cc1. The topological polar surface area (TPSA) is 58.6 Å². The van der Waals surface area contributed by atoms with Crippen LogP contribution in [0.1, 0.15) is 25.3 Å². The zero-order valence-electron chi connectivity index (χ0n) is 15.9. The first-order valence-electron chi connectivity index (χ1n) is 9.12. The van der Waals surface area contributed by atoms with E-state index in [1.165, 1.54) is 0 Å². The van der Waals surface area contributed by atoms with Gasteiger partial charge in [0.2, 0.25) is 0 Å². The maximum Gasteiger partial charge on any atom is 0.111 e. The van der Waals surface area contributed by atoms with E-state index in [2.05, 4.69) is 17.1 Å². The number of nitrogens with zero attached hydrogens (tertiary/aromatic N) is 1. The van der Waals surface area contributed by atoms with E-state index >= 15 is 0 Å². The summed E-state index contributed by atoms with van der Waals surface area (Å²) in [6.45, 7) is 1.78. The number of halogens is 1. The molecule has 0 unspecified atom stereocenters. The Morgan fingerprint density at radius 1 is 1.21 bits per heavy atom. The van der Waals surface area contributed by atoms with E-state index < -0.39 is 0 Å². The molecule has 0 heterocycles. The summed E-state index contributed by atoms with van der Waals surface area (Å²) in [5.41, 5.74) is 9.61. The standard InChI is InChI=1S/C24H25ClN2O/c1-2-22(28)13-9-5-6-10-18-27-24(20-14-16-21(25)17-15-20)23(26)19-11-7-3-4-8-12-19/h2-4,6-7,9-18,28H,5,8,26H2,1H3/b10-6+,13-9-,22-2+,24-23-,27-18+. The Bertz CT molecular complexity index is 895. The van der Waals surface area contributed by atoms with Crippen LogP contribution in [0.4, 0.5) is 0 Å². The molecule has 0 bridgehead atoms. The molecule has 3 N–H and O–H groups in total. The molecule has 4 heteroatoms. The zero-order chi connectivity index (χ0) is 20.2. The van der Waals surface area contributed by atoms with Crippen LogP contribution in [0.15, 0.2) is 107 Å². The van der Waals surface area contributed by atoms with E-state index in [9.17, 15) is 5.11 Å². The minimum Gasteiger partial charge on any atom is -0.508 e. The van der Waals surface area contributed by atoms with E-state index in [-0.39, 0.29) is 5.76 Å². The molecule has 28 heavy (non-hydrogen) atoms. The smallest absolute Gasteiger partial charge is 0.111 e. The first kappa shape index (κ1) is 21.3. The minimum absolute atomic E-state index is 0.252. The molecular weight excluding hydrogens is 368 g/mol. The van der Waals surface area contributed by atoms with Gasteiger partial charge in [0.1, 0.15) is 5.76 Å². The monoisotopic (exact) mass is 392 g/mol. The Kier molecular flexibility index (Phi) is 8.83. The molecular formula is C24H25ClN2O. The molecule has 0 atom stereocenters. The maximum atomic E-state index is 9.36. The van der Waals surface area contributed by atoms with Gasteiger partial charge in [0.15, 0.2) is 0 Å². The molecule has 0 fully saturated rings. The highest BCUT2D eigenvalue weighted by molar-refractivity contribution is 6.30. The van der Waals surface area contributed by atoms with Crippen LogP contribution in [0.2, 0.25) is 5.02 Å². The minimum atomic E-state index is 0.252. The number of rotatable bonds is 7.